The SMILES string of the molecule is COC(=O)c1ccccc1NC(=O)CSc1cccc(NC(=O)/C(=C\c2cccc(Cl)c2)NC(=O)c2ccccc2)c1. The van der Waals surface area contributed by atoms with Crippen molar-refractivity contribution < 1.29 is 23.9 Å². The van der Waals surface area contributed by atoms with Gasteiger partial charge in [0.15, 0.2) is 0 Å². The summed E-state index contributed by atoms with van der Waals surface area (Å²) in [6, 6.07) is 29.0. The van der Waals surface area contributed by atoms with Gasteiger partial charge in [0.2, 0.25) is 5.91 Å². The van der Waals surface area contributed by atoms with E-state index in [1.54, 1.807) is 103 Å². The molecule has 0 aliphatic rings. The molecule has 0 unspecified atom stereocenters. The number of anilines is 2. The third kappa shape index (κ3) is 8.57. The Bertz CT molecular complexity index is 1640. The second-order valence-corrected chi connectivity index (χ2v) is 10.3. The van der Waals surface area contributed by atoms with Crippen LogP contribution in [0.15, 0.2) is 114 Å². The monoisotopic (exact) mass is 599 g/mol. The van der Waals surface area contributed by atoms with Gasteiger partial charge in [-0.15, -0.1) is 11.8 Å². The molecule has 0 heterocycles. The predicted octanol–water partition coefficient (Wildman–Crippen LogP) is 6.27. The summed E-state index contributed by atoms with van der Waals surface area (Å²) in [4.78, 5) is 51.5. The standard InChI is InChI=1S/C32H26ClN3O5S/c1-41-32(40)26-15-5-6-16-27(26)35-29(37)20-42-25-14-8-13-24(19-25)34-31(39)28(18-21-9-7-12-23(33)17-21)36-30(38)22-10-3-2-4-11-22/h2-19H,20H2,1H3,(H,34,39)(H,35,37)(H,36,38)/b28-18+. The summed E-state index contributed by atoms with van der Waals surface area (Å²) in [6.07, 6.45) is 1.54. The van der Waals surface area contributed by atoms with Gasteiger partial charge in [-0.3, -0.25) is 14.4 Å². The van der Waals surface area contributed by atoms with Crippen LogP contribution in [-0.2, 0) is 14.3 Å². The first-order valence-corrected chi connectivity index (χ1v) is 14.0. The first-order chi connectivity index (χ1) is 20.3. The van der Waals surface area contributed by atoms with Crippen LogP contribution in [0.4, 0.5) is 11.4 Å². The van der Waals surface area contributed by atoms with Crippen LogP contribution >= 0.6 is 23.4 Å². The van der Waals surface area contributed by atoms with E-state index in [2.05, 4.69) is 16.0 Å². The molecule has 0 aromatic heterocycles. The van der Waals surface area contributed by atoms with E-state index in [0.717, 1.165) is 4.90 Å². The highest BCUT2D eigenvalue weighted by Gasteiger charge is 2.16. The van der Waals surface area contributed by atoms with Crippen LogP contribution in [0.2, 0.25) is 5.02 Å². The number of esters is 1. The van der Waals surface area contributed by atoms with Crippen LogP contribution in [0.25, 0.3) is 6.08 Å². The van der Waals surface area contributed by atoms with E-state index in [9.17, 15) is 19.2 Å². The topological polar surface area (TPSA) is 114 Å². The number of halogens is 1. The zero-order valence-electron chi connectivity index (χ0n) is 22.4. The van der Waals surface area contributed by atoms with Crippen molar-refractivity contribution in [3.63, 3.8) is 0 Å². The molecule has 10 heteroatoms. The van der Waals surface area contributed by atoms with E-state index < -0.39 is 17.8 Å². The van der Waals surface area contributed by atoms with Gasteiger partial charge in [-0.1, -0.05) is 60.1 Å². The molecule has 4 aromatic carbocycles. The largest absolute Gasteiger partial charge is 0.465 e. The first-order valence-electron chi connectivity index (χ1n) is 12.7. The highest BCUT2D eigenvalue weighted by Crippen LogP contribution is 2.23. The maximum atomic E-state index is 13.3. The third-order valence-electron chi connectivity index (χ3n) is 5.76. The Balaban J connectivity index is 1.45. The fraction of sp³-hybridized carbons (Fsp3) is 0.0625. The lowest BCUT2D eigenvalue weighted by Crippen LogP contribution is -2.30. The zero-order chi connectivity index (χ0) is 29.9. The van der Waals surface area contributed by atoms with E-state index in [0.29, 0.717) is 27.5 Å². The van der Waals surface area contributed by atoms with Crippen LogP contribution in [-0.4, -0.2) is 36.6 Å². The fourth-order valence-electron chi connectivity index (χ4n) is 3.78. The smallest absolute Gasteiger partial charge is 0.339 e. The molecule has 0 fully saturated rings. The number of carbonyl (C=O) groups excluding carboxylic acids is 4. The van der Waals surface area contributed by atoms with E-state index in [-0.39, 0.29) is 22.9 Å². The molecule has 0 radical (unpaired) electrons. The fourth-order valence-corrected chi connectivity index (χ4v) is 4.74. The van der Waals surface area contributed by atoms with E-state index in [1.165, 1.54) is 24.9 Å². The number of carbonyl (C=O) groups is 4. The van der Waals surface area contributed by atoms with Crippen LogP contribution in [0.3, 0.4) is 0 Å². The number of benzene rings is 4. The quantitative estimate of drug-likeness (QED) is 0.113. The van der Waals surface area contributed by atoms with Crippen molar-refractivity contribution in [1.29, 1.82) is 0 Å². The van der Waals surface area contributed by atoms with Crippen molar-refractivity contribution >= 4 is 64.5 Å². The number of amides is 3. The third-order valence-corrected chi connectivity index (χ3v) is 6.99. The predicted molar refractivity (Wildman–Crippen MR) is 166 cm³/mol. The Morgan fingerprint density at radius 2 is 1.57 bits per heavy atom. The van der Waals surface area contributed by atoms with Crippen molar-refractivity contribution in [3.8, 4) is 0 Å². The number of para-hydroxylation sites is 1. The number of hydrogen-bond acceptors (Lipinski definition) is 6. The lowest BCUT2D eigenvalue weighted by molar-refractivity contribution is -0.114. The van der Waals surface area contributed by atoms with Gasteiger partial charge in [-0.25, -0.2) is 4.79 Å². The summed E-state index contributed by atoms with van der Waals surface area (Å²) in [6.45, 7) is 0. The van der Waals surface area contributed by atoms with Crippen molar-refractivity contribution in [1.82, 2.24) is 5.32 Å². The van der Waals surface area contributed by atoms with Gasteiger partial charge >= 0.3 is 5.97 Å². The molecule has 42 heavy (non-hydrogen) atoms. The summed E-state index contributed by atoms with van der Waals surface area (Å²) in [5.41, 5.74) is 2.12. The second-order valence-electron chi connectivity index (χ2n) is 8.79. The molecule has 3 amide bonds. The number of thioether (sulfide) groups is 1. The van der Waals surface area contributed by atoms with E-state index in [1.807, 2.05) is 0 Å². The highest BCUT2D eigenvalue weighted by molar-refractivity contribution is 8.00. The minimum absolute atomic E-state index is 0.0211. The number of rotatable bonds is 10. The van der Waals surface area contributed by atoms with Gasteiger partial charge in [0.25, 0.3) is 11.8 Å². The summed E-state index contributed by atoms with van der Waals surface area (Å²) in [7, 11) is 1.27. The Labute approximate surface area is 252 Å². The second kappa shape index (κ2) is 14.7. The van der Waals surface area contributed by atoms with Gasteiger partial charge in [0, 0.05) is 21.2 Å². The molecule has 212 valence electrons. The molecule has 8 nitrogen and oxygen atoms in total. The number of methoxy groups -OCH3 is 1. The van der Waals surface area contributed by atoms with Gasteiger partial charge in [-0.2, -0.15) is 0 Å². The van der Waals surface area contributed by atoms with Gasteiger partial charge < -0.3 is 20.7 Å². The van der Waals surface area contributed by atoms with Crippen LogP contribution < -0.4 is 16.0 Å². The number of ether oxygens (including phenoxy) is 1. The van der Waals surface area contributed by atoms with E-state index in [4.69, 9.17) is 16.3 Å². The van der Waals surface area contributed by atoms with Gasteiger partial charge in [0.1, 0.15) is 5.70 Å². The molecule has 3 N–H and O–H groups in total. The van der Waals surface area contributed by atoms with Crippen molar-refractivity contribution in [2.45, 2.75) is 4.90 Å². The molecule has 0 saturated carbocycles. The van der Waals surface area contributed by atoms with Crippen LogP contribution in [0, 0.1) is 0 Å². The van der Waals surface area contributed by atoms with Gasteiger partial charge in [0.05, 0.1) is 24.1 Å². The van der Waals surface area contributed by atoms with Crippen LogP contribution in [0.1, 0.15) is 26.3 Å². The van der Waals surface area contributed by atoms with Gasteiger partial charge in [-0.05, 0) is 66.2 Å². The lowest BCUT2D eigenvalue weighted by atomic mass is 10.1. The first kappa shape index (κ1) is 30.1. The molecule has 0 aliphatic heterocycles. The maximum absolute atomic E-state index is 13.3. The Kier molecular flexibility index (Phi) is 10.5. The minimum atomic E-state index is -0.550. The molecule has 0 atom stereocenters. The highest BCUT2D eigenvalue weighted by atomic mass is 35.5. The average molecular weight is 600 g/mol. The Morgan fingerprint density at radius 3 is 2.33 bits per heavy atom. The molecule has 4 aromatic rings. The summed E-state index contributed by atoms with van der Waals surface area (Å²) < 4.78 is 4.77. The Morgan fingerprint density at radius 1 is 0.833 bits per heavy atom. The van der Waals surface area contributed by atoms with Crippen molar-refractivity contribution in [2.75, 3.05) is 23.5 Å². The van der Waals surface area contributed by atoms with Crippen molar-refractivity contribution in [3.05, 3.63) is 131 Å². The zero-order valence-corrected chi connectivity index (χ0v) is 24.0. The normalized spacial score (nSPS) is 10.9. The number of nitrogens with one attached hydrogen (secondary N) is 3. The summed E-state index contributed by atoms with van der Waals surface area (Å²) in [5.74, 6) is -1.80. The lowest BCUT2D eigenvalue weighted by Gasteiger charge is -2.12. The molecule has 0 saturated heterocycles. The minimum Gasteiger partial charge on any atom is -0.465 e. The molecule has 0 bridgehead atoms. The molecular formula is C32H26ClN3O5S. The van der Waals surface area contributed by atoms with Crippen molar-refractivity contribution in [2.24, 2.45) is 0 Å². The summed E-state index contributed by atoms with van der Waals surface area (Å²) >= 11 is 7.36. The molecule has 4 rings (SSSR count). The maximum Gasteiger partial charge on any atom is 0.339 e. The molecule has 0 aliphatic carbocycles. The summed E-state index contributed by atoms with van der Waals surface area (Å²) in [5, 5.41) is 8.72. The Hall–Kier alpha value is -4.86. The van der Waals surface area contributed by atoms with E-state index >= 15 is 0 Å². The average Bonchev–Trinajstić information content (AvgIpc) is 3.00. The molecule has 0 spiro atoms. The van der Waals surface area contributed by atoms with Crippen LogP contribution in [0.5, 0.6) is 0 Å². The number of hydrogen-bond donors (Lipinski definition) is 3. The molecular weight excluding hydrogens is 574 g/mol.